The standard InChI is InChI=1S/C23H23N3O2S2/c1-17-4-6-19(7-5-17)25-22(27)15-29-16-23(28)26-20-8-10-21(11-9-20)30-14-18-3-2-12-24-13-18/h2-13H,14-16H2,1H3,(H,25,27)(H,26,28). The molecule has 0 bridgehead atoms. The van der Waals surface area contributed by atoms with E-state index in [4.69, 9.17) is 0 Å². The molecule has 2 amide bonds. The molecule has 0 saturated carbocycles. The highest BCUT2D eigenvalue weighted by atomic mass is 32.2. The van der Waals surface area contributed by atoms with Crippen LogP contribution in [0.15, 0.2) is 78.0 Å². The van der Waals surface area contributed by atoms with Crippen LogP contribution in [0.3, 0.4) is 0 Å². The van der Waals surface area contributed by atoms with E-state index in [9.17, 15) is 9.59 Å². The first-order valence-corrected chi connectivity index (χ1v) is 11.6. The summed E-state index contributed by atoms with van der Waals surface area (Å²) >= 11 is 3.00. The number of aromatic nitrogens is 1. The maximum atomic E-state index is 12.1. The molecule has 0 aliphatic carbocycles. The first kappa shape index (κ1) is 21.9. The second-order valence-corrected chi connectivity index (χ2v) is 8.66. The Hall–Kier alpha value is -2.77. The van der Waals surface area contributed by atoms with Crippen molar-refractivity contribution in [2.24, 2.45) is 0 Å². The third kappa shape index (κ3) is 7.57. The third-order valence-corrected chi connectivity index (χ3v) is 6.08. The van der Waals surface area contributed by atoms with Crippen molar-refractivity contribution in [1.29, 1.82) is 0 Å². The van der Waals surface area contributed by atoms with Gasteiger partial charge in [0.05, 0.1) is 11.5 Å². The number of carbonyl (C=O) groups is 2. The van der Waals surface area contributed by atoms with Crippen LogP contribution in [0.5, 0.6) is 0 Å². The molecule has 0 fully saturated rings. The average Bonchev–Trinajstić information content (AvgIpc) is 2.75. The van der Waals surface area contributed by atoms with Gasteiger partial charge in [-0.3, -0.25) is 14.6 Å². The summed E-state index contributed by atoms with van der Waals surface area (Å²) in [5, 5.41) is 5.69. The summed E-state index contributed by atoms with van der Waals surface area (Å²) in [6.45, 7) is 1.99. The molecule has 0 unspecified atom stereocenters. The first-order valence-electron chi connectivity index (χ1n) is 9.44. The van der Waals surface area contributed by atoms with E-state index in [0.717, 1.165) is 27.6 Å². The molecule has 0 spiro atoms. The molecule has 0 radical (unpaired) electrons. The molecule has 7 heteroatoms. The minimum atomic E-state index is -0.126. The van der Waals surface area contributed by atoms with Gasteiger partial charge in [-0.15, -0.1) is 23.5 Å². The number of rotatable bonds is 9. The lowest BCUT2D eigenvalue weighted by Gasteiger charge is -2.07. The minimum Gasteiger partial charge on any atom is -0.325 e. The fraction of sp³-hybridized carbons (Fsp3) is 0.174. The second kappa shape index (κ2) is 11.4. The van der Waals surface area contributed by atoms with Crippen LogP contribution in [0, 0.1) is 6.92 Å². The molecule has 1 aromatic heterocycles. The molecular formula is C23H23N3O2S2. The largest absolute Gasteiger partial charge is 0.325 e. The van der Waals surface area contributed by atoms with Crippen LogP contribution < -0.4 is 10.6 Å². The van der Waals surface area contributed by atoms with E-state index in [0.29, 0.717) is 0 Å². The van der Waals surface area contributed by atoms with E-state index in [-0.39, 0.29) is 23.3 Å². The number of amides is 2. The fourth-order valence-electron chi connectivity index (χ4n) is 2.55. The zero-order valence-corrected chi connectivity index (χ0v) is 18.3. The van der Waals surface area contributed by atoms with Crippen LogP contribution >= 0.6 is 23.5 Å². The first-order chi connectivity index (χ1) is 14.6. The third-order valence-electron chi connectivity index (χ3n) is 4.07. The Bertz CT molecular complexity index is 962. The predicted molar refractivity (Wildman–Crippen MR) is 126 cm³/mol. The number of hydrogen-bond donors (Lipinski definition) is 2. The van der Waals surface area contributed by atoms with Crippen molar-refractivity contribution in [2.75, 3.05) is 22.1 Å². The van der Waals surface area contributed by atoms with Gasteiger partial charge in [-0.2, -0.15) is 0 Å². The quantitative estimate of drug-likeness (QED) is 0.461. The lowest BCUT2D eigenvalue weighted by Crippen LogP contribution is -2.18. The molecule has 0 aliphatic heterocycles. The molecule has 0 aliphatic rings. The van der Waals surface area contributed by atoms with Gasteiger partial charge in [0.2, 0.25) is 11.8 Å². The molecule has 0 saturated heterocycles. The van der Waals surface area contributed by atoms with Crippen molar-refractivity contribution >= 4 is 46.7 Å². The van der Waals surface area contributed by atoms with E-state index < -0.39 is 0 Å². The van der Waals surface area contributed by atoms with Gasteiger partial charge in [0, 0.05) is 34.4 Å². The molecular weight excluding hydrogens is 414 g/mol. The second-order valence-electron chi connectivity index (χ2n) is 6.63. The van der Waals surface area contributed by atoms with Crippen LogP contribution in [-0.4, -0.2) is 28.3 Å². The van der Waals surface area contributed by atoms with E-state index in [1.54, 1.807) is 18.0 Å². The lowest BCUT2D eigenvalue weighted by molar-refractivity contribution is -0.114. The molecule has 154 valence electrons. The van der Waals surface area contributed by atoms with Gasteiger partial charge >= 0.3 is 0 Å². The van der Waals surface area contributed by atoms with Crippen molar-refractivity contribution < 1.29 is 9.59 Å². The van der Waals surface area contributed by atoms with Gasteiger partial charge in [-0.05, 0) is 55.0 Å². The summed E-state index contributed by atoms with van der Waals surface area (Å²) in [5.74, 6) is 1.05. The van der Waals surface area contributed by atoms with Crippen LogP contribution in [0.1, 0.15) is 11.1 Å². The number of nitrogens with one attached hydrogen (secondary N) is 2. The van der Waals surface area contributed by atoms with Gasteiger partial charge in [-0.25, -0.2) is 0 Å². The average molecular weight is 438 g/mol. The summed E-state index contributed by atoms with van der Waals surface area (Å²) in [4.78, 5) is 29.3. The van der Waals surface area contributed by atoms with Crippen molar-refractivity contribution in [3.8, 4) is 0 Å². The van der Waals surface area contributed by atoms with E-state index in [1.807, 2.05) is 73.8 Å². The zero-order valence-electron chi connectivity index (χ0n) is 16.6. The molecule has 2 N–H and O–H groups in total. The van der Waals surface area contributed by atoms with Crippen LogP contribution in [0.2, 0.25) is 0 Å². The Labute approximate surface area is 185 Å². The highest BCUT2D eigenvalue weighted by Crippen LogP contribution is 2.24. The Kier molecular flexibility index (Phi) is 8.35. The summed E-state index contributed by atoms with van der Waals surface area (Å²) in [7, 11) is 0. The highest BCUT2D eigenvalue weighted by molar-refractivity contribution is 8.00. The number of nitrogens with zero attached hydrogens (tertiary/aromatic N) is 1. The van der Waals surface area contributed by atoms with Gasteiger partial charge < -0.3 is 10.6 Å². The van der Waals surface area contributed by atoms with Gasteiger partial charge in [0.1, 0.15) is 0 Å². The Balaban J connectivity index is 1.36. The lowest BCUT2D eigenvalue weighted by atomic mass is 10.2. The summed E-state index contributed by atoms with van der Waals surface area (Å²) < 4.78 is 0. The zero-order chi connectivity index (χ0) is 21.2. The molecule has 0 atom stereocenters. The smallest absolute Gasteiger partial charge is 0.234 e. The minimum absolute atomic E-state index is 0.119. The normalized spacial score (nSPS) is 10.4. The Morgan fingerprint density at radius 1 is 0.867 bits per heavy atom. The number of benzene rings is 2. The summed E-state index contributed by atoms with van der Waals surface area (Å²) in [6.07, 6.45) is 3.63. The van der Waals surface area contributed by atoms with Crippen molar-refractivity contribution in [1.82, 2.24) is 4.98 Å². The topological polar surface area (TPSA) is 71.1 Å². The molecule has 3 aromatic rings. The van der Waals surface area contributed by atoms with Gasteiger partial charge in [0.15, 0.2) is 0 Å². The molecule has 5 nitrogen and oxygen atoms in total. The summed E-state index contributed by atoms with van der Waals surface area (Å²) in [6, 6.07) is 19.3. The monoisotopic (exact) mass is 437 g/mol. The van der Waals surface area contributed by atoms with E-state index in [1.165, 1.54) is 17.3 Å². The number of aryl methyl sites for hydroxylation is 1. The van der Waals surface area contributed by atoms with E-state index in [2.05, 4.69) is 15.6 Å². The van der Waals surface area contributed by atoms with Gasteiger partial charge in [-0.1, -0.05) is 23.8 Å². The SMILES string of the molecule is Cc1ccc(NC(=O)CSCC(=O)Nc2ccc(SCc3cccnc3)cc2)cc1. The number of pyridine rings is 1. The van der Waals surface area contributed by atoms with Crippen LogP contribution in [0.4, 0.5) is 11.4 Å². The van der Waals surface area contributed by atoms with Crippen molar-refractivity contribution in [3.05, 3.63) is 84.2 Å². The molecule has 30 heavy (non-hydrogen) atoms. The number of hydrogen-bond acceptors (Lipinski definition) is 5. The fourth-order valence-corrected chi connectivity index (χ4v) is 4.00. The molecule has 3 rings (SSSR count). The molecule has 1 heterocycles. The number of anilines is 2. The number of thioether (sulfide) groups is 2. The maximum absolute atomic E-state index is 12.1. The number of carbonyl (C=O) groups excluding carboxylic acids is 2. The summed E-state index contributed by atoms with van der Waals surface area (Å²) in [5.41, 5.74) is 3.81. The predicted octanol–water partition coefficient (Wildman–Crippen LogP) is 4.99. The van der Waals surface area contributed by atoms with E-state index >= 15 is 0 Å². The Morgan fingerprint density at radius 3 is 2.03 bits per heavy atom. The van der Waals surface area contributed by atoms with Crippen LogP contribution in [-0.2, 0) is 15.3 Å². The maximum Gasteiger partial charge on any atom is 0.234 e. The highest BCUT2D eigenvalue weighted by Gasteiger charge is 2.07. The van der Waals surface area contributed by atoms with Crippen LogP contribution in [0.25, 0.3) is 0 Å². The Morgan fingerprint density at radius 2 is 1.47 bits per heavy atom. The van der Waals surface area contributed by atoms with Gasteiger partial charge in [0.25, 0.3) is 0 Å². The van der Waals surface area contributed by atoms with Crippen molar-refractivity contribution in [2.45, 2.75) is 17.6 Å². The van der Waals surface area contributed by atoms with Crippen molar-refractivity contribution in [3.63, 3.8) is 0 Å². The molecule has 2 aromatic carbocycles.